The number of nitrogens with one attached hydrogen (secondary N) is 2. The van der Waals surface area contributed by atoms with Crippen LogP contribution in [0.1, 0.15) is 30.8 Å². The second-order valence-corrected chi connectivity index (χ2v) is 6.10. The highest BCUT2D eigenvalue weighted by Gasteiger charge is 2.06. The average molecular weight is 313 g/mol. The van der Waals surface area contributed by atoms with Gasteiger partial charge in [-0.05, 0) is 24.0 Å². The summed E-state index contributed by atoms with van der Waals surface area (Å²) in [4.78, 5) is 8.71. The minimum atomic E-state index is 0.599. The zero-order chi connectivity index (χ0) is 16.7. The number of hydrogen-bond donors (Lipinski definition) is 2. The van der Waals surface area contributed by atoms with Gasteiger partial charge in [0.2, 0.25) is 0 Å². The summed E-state index contributed by atoms with van der Waals surface area (Å²) in [5.41, 5.74) is 2.56. The number of aryl methyl sites for hydroxylation is 1. The maximum Gasteiger partial charge on any atom is 0.191 e. The van der Waals surface area contributed by atoms with Gasteiger partial charge in [0, 0.05) is 32.5 Å². The number of nitrogens with zero attached hydrogens (tertiary/aromatic N) is 3. The Bertz CT molecular complexity index is 642. The van der Waals surface area contributed by atoms with Gasteiger partial charge in [0.15, 0.2) is 5.96 Å². The fourth-order valence-electron chi connectivity index (χ4n) is 2.44. The summed E-state index contributed by atoms with van der Waals surface area (Å²) < 4.78 is 2.19. The van der Waals surface area contributed by atoms with E-state index in [0.717, 1.165) is 24.9 Å². The van der Waals surface area contributed by atoms with Crippen LogP contribution < -0.4 is 10.6 Å². The molecule has 1 aromatic carbocycles. The van der Waals surface area contributed by atoms with Crippen LogP contribution in [-0.2, 0) is 19.6 Å². The third-order valence-corrected chi connectivity index (χ3v) is 3.71. The minimum Gasteiger partial charge on any atom is -0.352 e. The molecule has 124 valence electrons. The lowest BCUT2D eigenvalue weighted by Crippen LogP contribution is -2.37. The maximum atomic E-state index is 4.43. The highest BCUT2D eigenvalue weighted by atomic mass is 15.2. The fourth-order valence-corrected chi connectivity index (χ4v) is 2.44. The number of benzene rings is 1. The van der Waals surface area contributed by atoms with Crippen molar-refractivity contribution >= 4 is 5.96 Å². The Balaban J connectivity index is 1.89. The van der Waals surface area contributed by atoms with Crippen LogP contribution in [0.15, 0.2) is 41.7 Å². The van der Waals surface area contributed by atoms with Crippen molar-refractivity contribution in [1.29, 1.82) is 0 Å². The van der Waals surface area contributed by atoms with Gasteiger partial charge >= 0.3 is 0 Å². The molecular weight excluding hydrogens is 286 g/mol. The molecule has 2 N–H and O–H groups in total. The molecule has 1 aromatic heterocycles. The van der Waals surface area contributed by atoms with Crippen LogP contribution in [0.3, 0.4) is 0 Å². The Kier molecular flexibility index (Phi) is 6.20. The molecule has 5 heteroatoms. The number of rotatable bonds is 6. The molecule has 2 aromatic rings. The number of guanidine groups is 1. The minimum absolute atomic E-state index is 0.599. The van der Waals surface area contributed by atoms with Gasteiger partial charge in [-0.15, -0.1) is 0 Å². The zero-order valence-electron chi connectivity index (χ0n) is 14.5. The summed E-state index contributed by atoms with van der Waals surface area (Å²) in [5, 5.41) is 6.68. The van der Waals surface area contributed by atoms with Crippen LogP contribution in [0.4, 0.5) is 0 Å². The monoisotopic (exact) mass is 313 g/mol. The highest BCUT2D eigenvalue weighted by molar-refractivity contribution is 5.79. The molecule has 0 saturated carbocycles. The van der Waals surface area contributed by atoms with Gasteiger partial charge < -0.3 is 15.2 Å². The predicted octanol–water partition coefficient (Wildman–Crippen LogP) is 2.71. The molecular formula is C18H27N5. The molecule has 0 bridgehead atoms. The molecule has 0 radical (unpaired) electrons. The van der Waals surface area contributed by atoms with Crippen LogP contribution in [0, 0.1) is 12.8 Å². The molecule has 5 nitrogen and oxygen atoms in total. The van der Waals surface area contributed by atoms with Gasteiger partial charge in [0.25, 0.3) is 0 Å². The maximum absolute atomic E-state index is 4.43. The Hall–Kier alpha value is -2.30. The van der Waals surface area contributed by atoms with Crippen LogP contribution in [0.25, 0.3) is 0 Å². The first-order chi connectivity index (χ1) is 11.1. The van der Waals surface area contributed by atoms with Gasteiger partial charge in [-0.25, -0.2) is 4.98 Å². The van der Waals surface area contributed by atoms with E-state index < -0.39 is 0 Å². The van der Waals surface area contributed by atoms with Crippen molar-refractivity contribution in [3.8, 4) is 0 Å². The normalized spacial score (nSPS) is 11.8. The summed E-state index contributed by atoms with van der Waals surface area (Å²) in [7, 11) is 1.79. The SMILES string of the molecule is CN=C(NCc1ccccc1C)NCc1nccn1CC(C)C. The molecule has 0 amide bonds. The number of imidazole rings is 1. The smallest absolute Gasteiger partial charge is 0.191 e. The van der Waals surface area contributed by atoms with Gasteiger partial charge in [-0.3, -0.25) is 4.99 Å². The van der Waals surface area contributed by atoms with Gasteiger partial charge in [0.05, 0.1) is 6.54 Å². The molecule has 2 rings (SSSR count). The summed E-state index contributed by atoms with van der Waals surface area (Å²) in [6.45, 7) is 8.93. The third-order valence-electron chi connectivity index (χ3n) is 3.71. The molecule has 0 aliphatic rings. The van der Waals surface area contributed by atoms with E-state index in [2.05, 4.69) is 70.2 Å². The predicted molar refractivity (Wildman–Crippen MR) is 95.3 cm³/mol. The van der Waals surface area contributed by atoms with Crippen LogP contribution in [-0.4, -0.2) is 22.6 Å². The Morgan fingerprint density at radius 1 is 1.22 bits per heavy atom. The number of aliphatic imine (C=N–C) groups is 1. The van der Waals surface area contributed by atoms with E-state index in [9.17, 15) is 0 Å². The quantitative estimate of drug-likeness (QED) is 0.637. The van der Waals surface area contributed by atoms with E-state index in [4.69, 9.17) is 0 Å². The summed E-state index contributed by atoms with van der Waals surface area (Å²) in [6, 6.07) is 8.37. The van der Waals surface area contributed by atoms with E-state index in [1.54, 1.807) is 7.05 Å². The summed E-state index contributed by atoms with van der Waals surface area (Å²) in [6.07, 6.45) is 3.88. The summed E-state index contributed by atoms with van der Waals surface area (Å²) >= 11 is 0. The third kappa shape index (κ3) is 5.13. The standard InChI is InChI=1S/C18H27N5/c1-14(2)13-23-10-9-20-17(23)12-22-18(19-4)21-11-16-8-6-5-7-15(16)3/h5-10,14H,11-13H2,1-4H3,(H2,19,21,22). The lowest BCUT2D eigenvalue weighted by atomic mass is 10.1. The van der Waals surface area contributed by atoms with E-state index in [0.29, 0.717) is 12.5 Å². The van der Waals surface area contributed by atoms with Gasteiger partial charge in [-0.1, -0.05) is 38.1 Å². The average Bonchev–Trinajstić information content (AvgIpc) is 2.95. The van der Waals surface area contributed by atoms with Crippen LogP contribution in [0.5, 0.6) is 0 Å². The first-order valence-electron chi connectivity index (χ1n) is 8.09. The lowest BCUT2D eigenvalue weighted by molar-refractivity contribution is 0.503. The lowest BCUT2D eigenvalue weighted by Gasteiger charge is -2.14. The van der Waals surface area contributed by atoms with E-state index in [-0.39, 0.29) is 0 Å². The molecule has 23 heavy (non-hydrogen) atoms. The number of aromatic nitrogens is 2. The first-order valence-corrected chi connectivity index (χ1v) is 8.09. The van der Waals surface area contributed by atoms with E-state index >= 15 is 0 Å². The first kappa shape index (κ1) is 17.1. The Morgan fingerprint density at radius 3 is 2.65 bits per heavy atom. The van der Waals surface area contributed by atoms with Gasteiger partial charge in [0.1, 0.15) is 5.82 Å². The van der Waals surface area contributed by atoms with Crippen LogP contribution >= 0.6 is 0 Å². The molecule has 0 aliphatic carbocycles. The van der Waals surface area contributed by atoms with Crippen molar-refractivity contribution in [3.63, 3.8) is 0 Å². The second kappa shape index (κ2) is 8.36. The number of hydrogen-bond acceptors (Lipinski definition) is 2. The van der Waals surface area contributed by atoms with Crippen molar-refractivity contribution in [2.24, 2.45) is 10.9 Å². The highest BCUT2D eigenvalue weighted by Crippen LogP contribution is 2.06. The topological polar surface area (TPSA) is 54.2 Å². The van der Waals surface area contributed by atoms with Crippen LogP contribution in [0.2, 0.25) is 0 Å². The van der Waals surface area contributed by atoms with Crippen molar-refractivity contribution in [2.75, 3.05) is 7.05 Å². The molecule has 1 heterocycles. The van der Waals surface area contributed by atoms with Gasteiger partial charge in [-0.2, -0.15) is 0 Å². The fraction of sp³-hybridized carbons (Fsp3) is 0.444. The summed E-state index contributed by atoms with van der Waals surface area (Å²) in [5.74, 6) is 2.41. The molecule has 0 atom stereocenters. The second-order valence-electron chi connectivity index (χ2n) is 6.10. The molecule has 0 fully saturated rings. The van der Waals surface area contributed by atoms with E-state index in [1.165, 1.54) is 11.1 Å². The largest absolute Gasteiger partial charge is 0.352 e. The van der Waals surface area contributed by atoms with E-state index in [1.807, 2.05) is 12.4 Å². The van der Waals surface area contributed by atoms with Crippen molar-refractivity contribution in [3.05, 3.63) is 53.6 Å². The molecule has 0 saturated heterocycles. The molecule has 0 aliphatic heterocycles. The molecule has 0 spiro atoms. The molecule has 0 unspecified atom stereocenters. The Morgan fingerprint density at radius 2 is 1.96 bits per heavy atom. The van der Waals surface area contributed by atoms with Crippen molar-refractivity contribution < 1.29 is 0 Å². The zero-order valence-corrected chi connectivity index (χ0v) is 14.5. The van der Waals surface area contributed by atoms with Crippen molar-refractivity contribution in [2.45, 2.75) is 40.4 Å². The Labute approximate surface area is 138 Å². The van der Waals surface area contributed by atoms with Crippen molar-refractivity contribution in [1.82, 2.24) is 20.2 Å².